The van der Waals surface area contributed by atoms with Crippen molar-refractivity contribution in [1.29, 1.82) is 0 Å². The van der Waals surface area contributed by atoms with Gasteiger partial charge in [0.05, 0.1) is 0 Å². The highest BCUT2D eigenvalue weighted by Crippen LogP contribution is 2.23. The van der Waals surface area contributed by atoms with Crippen LogP contribution in [0.5, 0.6) is 0 Å². The number of nitrogens with one attached hydrogen (secondary N) is 1. The summed E-state index contributed by atoms with van der Waals surface area (Å²) in [6.45, 7) is 0. The molecule has 2 N–H and O–H groups in total. The number of aromatic nitrogens is 1. The minimum Gasteiger partial charge on any atom is -0.477 e. The summed E-state index contributed by atoms with van der Waals surface area (Å²) in [5.41, 5.74) is 0.0886. The van der Waals surface area contributed by atoms with Crippen LogP contribution in [0.1, 0.15) is 23.3 Å². The number of carboxylic acids is 1. The number of nitrogens with zero attached hydrogens (tertiary/aromatic N) is 1. The summed E-state index contributed by atoms with van der Waals surface area (Å²) in [7, 11) is 0. The van der Waals surface area contributed by atoms with Gasteiger partial charge in [-0.3, -0.25) is 0 Å². The van der Waals surface area contributed by atoms with Crippen molar-refractivity contribution in [1.82, 2.24) is 4.98 Å². The lowest BCUT2D eigenvalue weighted by atomic mass is 10.3. The van der Waals surface area contributed by atoms with Crippen LogP contribution >= 0.6 is 0 Å². The van der Waals surface area contributed by atoms with E-state index in [1.807, 2.05) is 0 Å². The molecule has 2 rings (SSSR count). The van der Waals surface area contributed by atoms with Gasteiger partial charge >= 0.3 is 5.97 Å². The molecule has 1 aromatic heterocycles. The SMILES string of the molecule is O=C(O)c1cccc(NC2CC2)n1. The first kappa shape index (κ1) is 8.04. The van der Waals surface area contributed by atoms with Gasteiger partial charge in [-0.15, -0.1) is 0 Å². The van der Waals surface area contributed by atoms with E-state index in [1.54, 1.807) is 12.1 Å². The minimum absolute atomic E-state index is 0.0886. The Hall–Kier alpha value is -1.58. The van der Waals surface area contributed by atoms with Gasteiger partial charge in [0, 0.05) is 6.04 Å². The number of rotatable bonds is 3. The average Bonchev–Trinajstić information content (AvgIpc) is 2.89. The number of carboxylic acid groups (broad SMARTS) is 1. The topological polar surface area (TPSA) is 62.2 Å². The maximum atomic E-state index is 10.6. The third kappa shape index (κ3) is 1.96. The summed E-state index contributed by atoms with van der Waals surface area (Å²) in [5.74, 6) is -0.332. The van der Waals surface area contributed by atoms with Gasteiger partial charge < -0.3 is 10.4 Å². The first-order valence-electron chi connectivity index (χ1n) is 4.22. The van der Waals surface area contributed by atoms with Crippen molar-refractivity contribution in [3.63, 3.8) is 0 Å². The molecule has 0 saturated heterocycles. The van der Waals surface area contributed by atoms with Crippen LogP contribution in [0.25, 0.3) is 0 Å². The molecule has 13 heavy (non-hydrogen) atoms. The molecule has 1 saturated carbocycles. The van der Waals surface area contributed by atoms with Crippen LogP contribution in [0.4, 0.5) is 5.82 Å². The van der Waals surface area contributed by atoms with E-state index in [0.717, 1.165) is 12.8 Å². The maximum absolute atomic E-state index is 10.6. The van der Waals surface area contributed by atoms with E-state index < -0.39 is 5.97 Å². The van der Waals surface area contributed by atoms with Crippen LogP contribution in [0.3, 0.4) is 0 Å². The average molecular weight is 178 g/mol. The highest BCUT2D eigenvalue weighted by molar-refractivity contribution is 5.85. The second-order valence-corrected chi connectivity index (χ2v) is 3.13. The Morgan fingerprint density at radius 2 is 2.31 bits per heavy atom. The normalized spacial score (nSPS) is 15.4. The summed E-state index contributed by atoms with van der Waals surface area (Å²) in [5, 5.41) is 11.8. The summed E-state index contributed by atoms with van der Waals surface area (Å²) in [6.07, 6.45) is 2.30. The van der Waals surface area contributed by atoms with Gasteiger partial charge in [-0.25, -0.2) is 9.78 Å². The molecule has 0 aliphatic heterocycles. The molecule has 0 atom stereocenters. The fourth-order valence-corrected chi connectivity index (χ4v) is 1.07. The summed E-state index contributed by atoms with van der Waals surface area (Å²) < 4.78 is 0. The van der Waals surface area contributed by atoms with E-state index in [1.165, 1.54) is 6.07 Å². The fourth-order valence-electron chi connectivity index (χ4n) is 1.07. The number of hydrogen-bond acceptors (Lipinski definition) is 3. The highest BCUT2D eigenvalue weighted by atomic mass is 16.4. The van der Waals surface area contributed by atoms with Crippen LogP contribution in [0, 0.1) is 0 Å². The minimum atomic E-state index is -0.987. The number of pyridine rings is 1. The molecule has 1 aromatic rings. The van der Waals surface area contributed by atoms with Gasteiger partial charge in [0.2, 0.25) is 0 Å². The lowest BCUT2D eigenvalue weighted by molar-refractivity contribution is 0.0690. The maximum Gasteiger partial charge on any atom is 0.354 e. The first-order valence-corrected chi connectivity index (χ1v) is 4.22. The zero-order valence-electron chi connectivity index (χ0n) is 7.03. The largest absolute Gasteiger partial charge is 0.477 e. The van der Waals surface area contributed by atoms with E-state index in [4.69, 9.17) is 5.11 Å². The number of hydrogen-bond donors (Lipinski definition) is 2. The molecular formula is C9H10N2O2. The van der Waals surface area contributed by atoms with Crippen molar-refractivity contribution in [3.05, 3.63) is 23.9 Å². The zero-order chi connectivity index (χ0) is 9.26. The molecule has 4 heteroatoms. The second kappa shape index (κ2) is 3.05. The van der Waals surface area contributed by atoms with Crippen LogP contribution in [0.15, 0.2) is 18.2 Å². The standard InChI is InChI=1S/C9H10N2O2/c12-9(13)7-2-1-3-8(11-7)10-6-4-5-6/h1-3,6H,4-5H2,(H,10,11)(H,12,13). The van der Waals surface area contributed by atoms with Gasteiger partial charge in [0.15, 0.2) is 5.69 Å². The summed E-state index contributed by atoms with van der Waals surface area (Å²) >= 11 is 0. The first-order chi connectivity index (χ1) is 6.25. The zero-order valence-corrected chi connectivity index (χ0v) is 7.03. The van der Waals surface area contributed by atoms with Crippen LogP contribution in [0.2, 0.25) is 0 Å². The molecule has 1 aliphatic rings. The van der Waals surface area contributed by atoms with E-state index in [2.05, 4.69) is 10.3 Å². The van der Waals surface area contributed by atoms with Gasteiger partial charge in [-0.1, -0.05) is 6.07 Å². The molecule has 0 radical (unpaired) electrons. The van der Waals surface area contributed by atoms with E-state index in [0.29, 0.717) is 11.9 Å². The third-order valence-electron chi connectivity index (χ3n) is 1.90. The van der Waals surface area contributed by atoms with Gasteiger partial charge in [0.1, 0.15) is 5.82 Å². The summed E-state index contributed by atoms with van der Waals surface area (Å²) in [6, 6.07) is 5.46. The van der Waals surface area contributed by atoms with Gasteiger partial charge in [-0.05, 0) is 25.0 Å². The Balaban J connectivity index is 2.15. The molecule has 1 fully saturated rings. The van der Waals surface area contributed by atoms with Crippen LogP contribution in [-0.2, 0) is 0 Å². The smallest absolute Gasteiger partial charge is 0.354 e. The highest BCUT2D eigenvalue weighted by Gasteiger charge is 2.21. The van der Waals surface area contributed by atoms with Crippen LogP contribution in [-0.4, -0.2) is 22.1 Å². The Morgan fingerprint density at radius 3 is 2.92 bits per heavy atom. The van der Waals surface area contributed by atoms with Crippen molar-refractivity contribution in [2.45, 2.75) is 18.9 Å². The van der Waals surface area contributed by atoms with Crippen molar-refractivity contribution < 1.29 is 9.90 Å². The van der Waals surface area contributed by atoms with Gasteiger partial charge in [-0.2, -0.15) is 0 Å². The van der Waals surface area contributed by atoms with E-state index in [-0.39, 0.29) is 5.69 Å². The number of carbonyl (C=O) groups is 1. The molecule has 1 heterocycles. The van der Waals surface area contributed by atoms with Gasteiger partial charge in [0.25, 0.3) is 0 Å². The predicted molar refractivity (Wildman–Crippen MR) is 47.8 cm³/mol. The Bertz CT molecular complexity index is 334. The lowest BCUT2D eigenvalue weighted by Crippen LogP contribution is -2.06. The van der Waals surface area contributed by atoms with E-state index in [9.17, 15) is 4.79 Å². The predicted octanol–water partition coefficient (Wildman–Crippen LogP) is 1.35. The molecule has 0 spiro atoms. The second-order valence-electron chi connectivity index (χ2n) is 3.13. The monoisotopic (exact) mass is 178 g/mol. The number of anilines is 1. The van der Waals surface area contributed by atoms with Crippen molar-refractivity contribution in [2.24, 2.45) is 0 Å². The molecule has 0 amide bonds. The van der Waals surface area contributed by atoms with E-state index >= 15 is 0 Å². The lowest BCUT2D eigenvalue weighted by Gasteiger charge is -2.02. The van der Waals surface area contributed by atoms with Crippen LogP contribution < -0.4 is 5.32 Å². The molecule has 0 aromatic carbocycles. The van der Waals surface area contributed by atoms with Crippen molar-refractivity contribution in [2.75, 3.05) is 5.32 Å². The molecule has 4 nitrogen and oxygen atoms in total. The molecule has 68 valence electrons. The fraction of sp³-hybridized carbons (Fsp3) is 0.333. The Kier molecular flexibility index (Phi) is 1.88. The Labute approximate surface area is 75.6 Å². The summed E-state index contributed by atoms with van der Waals surface area (Å²) in [4.78, 5) is 14.5. The quantitative estimate of drug-likeness (QED) is 0.733. The molecular weight excluding hydrogens is 168 g/mol. The third-order valence-corrected chi connectivity index (χ3v) is 1.90. The number of aromatic carboxylic acids is 1. The van der Waals surface area contributed by atoms with Crippen molar-refractivity contribution in [3.8, 4) is 0 Å². The molecule has 0 bridgehead atoms. The van der Waals surface area contributed by atoms with Crippen molar-refractivity contribution >= 4 is 11.8 Å². The molecule has 0 unspecified atom stereocenters. The molecule has 1 aliphatic carbocycles. The Morgan fingerprint density at radius 1 is 1.54 bits per heavy atom.